The highest BCUT2D eigenvalue weighted by molar-refractivity contribution is 7.99. The third-order valence-electron chi connectivity index (χ3n) is 2.14. The summed E-state index contributed by atoms with van der Waals surface area (Å²) in [4.78, 5) is 23.1. The fourth-order valence-electron chi connectivity index (χ4n) is 1.30. The van der Waals surface area contributed by atoms with E-state index in [0.717, 1.165) is 10.6 Å². The predicted octanol–water partition coefficient (Wildman–Crippen LogP) is 1.36. The number of benzene rings is 1. The monoisotopic (exact) mass is 303 g/mol. The zero-order valence-corrected chi connectivity index (χ0v) is 12.1. The van der Waals surface area contributed by atoms with Crippen LogP contribution in [0.1, 0.15) is 12.8 Å². The van der Waals surface area contributed by atoms with Crippen LogP contribution in [0.3, 0.4) is 0 Å². The molecule has 0 aliphatic heterocycles. The van der Waals surface area contributed by atoms with E-state index < -0.39 is 0 Å². The second-order valence-electron chi connectivity index (χ2n) is 3.65. The Morgan fingerprint density at radius 2 is 1.89 bits per heavy atom. The Hall–Kier alpha value is -1.24. The summed E-state index contributed by atoms with van der Waals surface area (Å²) in [5.41, 5.74) is 11.1. The number of carbonyl (C=O) groups excluding carboxylic acids is 2. The summed E-state index contributed by atoms with van der Waals surface area (Å²) in [6.45, 7) is 0.322. The molecular formula is C12H18ClN3O2S. The van der Waals surface area contributed by atoms with Crippen molar-refractivity contribution in [3.63, 3.8) is 0 Å². The van der Waals surface area contributed by atoms with Crippen LogP contribution in [0.5, 0.6) is 0 Å². The topological polar surface area (TPSA) is 98.2 Å². The number of amides is 2. The van der Waals surface area contributed by atoms with Gasteiger partial charge in [-0.15, -0.1) is 24.2 Å². The third-order valence-corrected chi connectivity index (χ3v) is 3.21. The molecule has 0 unspecified atom stereocenters. The van der Waals surface area contributed by atoms with Crippen LogP contribution in [-0.4, -0.2) is 24.1 Å². The number of halogens is 1. The largest absolute Gasteiger partial charge is 0.370 e. The minimum Gasteiger partial charge on any atom is -0.370 e. The van der Waals surface area contributed by atoms with Gasteiger partial charge in [0.25, 0.3) is 0 Å². The molecule has 0 radical (unpaired) electrons. The average molecular weight is 304 g/mol. The molecule has 0 bridgehead atoms. The van der Waals surface area contributed by atoms with Gasteiger partial charge in [-0.2, -0.15) is 0 Å². The lowest BCUT2D eigenvalue weighted by atomic mass is 10.3. The van der Waals surface area contributed by atoms with Crippen LogP contribution in [0, 0.1) is 0 Å². The SMILES string of the molecule is Cl.NCCC(=O)Nc1ccccc1SCCC(N)=O. The molecule has 1 aromatic carbocycles. The molecule has 7 heteroatoms. The summed E-state index contributed by atoms with van der Waals surface area (Å²) in [7, 11) is 0. The van der Waals surface area contributed by atoms with Crippen molar-refractivity contribution in [1.29, 1.82) is 0 Å². The van der Waals surface area contributed by atoms with Crippen LogP contribution in [0.2, 0.25) is 0 Å². The van der Waals surface area contributed by atoms with E-state index in [1.54, 1.807) is 0 Å². The number of thioether (sulfide) groups is 1. The van der Waals surface area contributed by atoms with Crippen molar-refractivity contribution in [3.05, 3.63) is 24.3 Å². The molecule has 0 heterocycles. The molecule has 0 aromatic heterocycles. The van der Waals surface area contributed by atoms with Gasteiger partial charge in [0.1, 0.15) is 0 Å². The average Bonchev–Trinajstić information content (AvgIpc) is 2.31. The van der Waals surface area contributed by atoms with Gasteiger partial charge in [0, 0.05) is 30.0 Å². The maximum atomic E-state index is 11.5. The Labute approximate surface area is 122 Å². The summed E-state index contributed by atoms with van der Waals surface area (Å²) in [6, 6.07) is 7.44. The number of anilines is 1. The highest BCUT2D eigenvalue weighted by atomic mass is 35.5. The molecule has 0 saturated carbocycles. The van der Waals surface area contributed by atoms with Crippen LogP contribution >= 0.6 is 24.2 Å². The molecular weight excluding hydrogens is 286 g/mol. The predicted molar refractivity (Wildman–Crippen MR) is 80.5 cm³/mol. The Morgan fingerprint density at radius 1 is 1.21 bits per heavy atom. The molecule has 0 spiro atoms. The van der Waals surface area contributed by atoms with E-state index in [1.165, 1.54) is 11.8 Å². The molecule has 0 aliphatic carbocycles. The van der Waals surface area contributed by atoms with E-state index in [9.17, 15) is 9.59 Å². The minimum atomic E-state index is -0.327. The van der Waals surface area contributed by atoms with E-state index >= 15 is 0 Å². The number of para-hydroxylation sites is 1. The van der Waals surface area contributed by atoms with Gasteiger partial charge in [0.05, 0.1) is 5.69 Å². The van der Waals surface area contributed by atoms with Crippen molar-refractivity contribution in [2.24, 2.45) is 11.5 Å². The van der Waals surface area contributed by atoms with Crippen molar-refractivity contribution >= 4 is 41.7 Å². The van der Waals surface area contributed by atoms with Crippen molar-refractivity contribution in [1.82, 2.24) is 0 Å². The van der Waals surface area contributed by atoms with Crippen molar-refractivity contribution in [2.45, 2.75) is 17.7 Å². The molecule has 2 amide bonds. The number of rotatable bonds is 7. The van der Waals surface area contributed by atoms with Gasteiger partial charge in [0.2, 0.25) is 11.8 Å². The standard InChI is InChI=1S/C12H17N3O2S.ClH/c13-7-5-12(17)15-9-3-1-2-4-10(9)18-8-6-11(14)16;/h1-4H,5-8,13H2,(H2,14,16)(H,15,17);1H. The van der Waals surface area contributed by atoms with Gasteiger partial charge in [-0.1, -0.05) is 12.1 Å². The van der Waals surface area contributed by atoms with Gasteiger partial charge in [-0.05, 0) is 12.1 Å². The van der Waals surface area contributed by atoms with Crippen molar-refractivity contribution in [2.75, 3.05) is 17.6 Å². The van der Waals surface area contributed by atoms with Crippen LogP contribution < -0.4 is 16.8 Å². The van der Waals surface area contributed by atoms with E-state index in [4.69, 9.17) is 11.5 Å². The molecule has 0 atom stereocenters. The van der Waals surface area contributed by atoms with E-state index in [-0.39, 0.29) is 24.2 Å². The fourth-order valence-corrected chi connectivity index (χ4v) is 2.27. The molecule has 106 valence electrons. The van der Waals surface area contributed by atoms with Crippen LogP contribution in [0.15, 0.2) is 29.2 Å². The Kier molecular flexibility index (Phi) is 9.03. The maximum Gasteiger partial charge on any atom is 0.225 e. The van der Waals surface area contributed by atoms with Gasteiger partial charge in [-0.25, -0.2) is 0 Å². The van der Waals surface area contributed by atoms with Gasteiger partial charge >= 0.3 is 0 Å². The number of nitrogens with one attached hydrogen (secondary N) is 1. The molecule has 1 aromatic rings. The molecule has 19 heavy (non-hydrogen) atoms. The van der Waals surface area contributed by atoms with Crippen LogP contribution in [0.4, 0.5) is 5.69 Å². The fraction of sp³-hybridized carbons (Fsp3) is 0.333. The molecule has 0 fully saturated rings. The number of hydrogen-bond acceptors (Lipinski definition) is 4. The molecule has 5 nitrogen and oxygen atoms in total. The summed E-state index contributed by atoms with van der Waals surface area (Å²) in [5.74, 6) is 0.159. The molecule has 0 aliphatic rings. The number of nitrogens with two attached hydrogens (primary N) is 2. The quantitative estimate of drug-likeness (QED) is 0.662. The number of carbonyl (C=O) groups is 2. The highest BCUT2D eigenvalue weighted by Gasteiger charge is 2.06. The summed E-state index contributed by atoms with van der Waals surface area (Å²) >= 11 is 1.49. The van der Waals surface area contributed by atoms with Gasteiger partial charge in [0.15, 0.2) is 0 Å². The zero-order chi connectivity index (χ0) is 13.4. The van der Waals surface area contributed by atoms with Crippen molar-refractivity contribution < 1.29 is 9.59 Å². The first-order valence-corrected chi connectivity index (χ1v) is 6.62. The Bertz CT molecular complexity index is 429. The number of hydrogen-bond donors (Lipinski definition) is 3. The van der Waals surface area contributed by atoms with E-state index in [2.05, 4.69) is 5.32 Å². The second-order valence-corrected chi connectivity index (χ2v) is 4.78. The lowest BCUT2D eigenvalue weighted by Crippen LogP contribution is -2.16. The Morgan fingerprint density at radius 3 is 2.53 bits per heavy atom. The van der Waals surface area contributed by atoms with Gasteiger partial charge in [-0.3, -0.25) is 9.59 Å². The third kappa shape index (κ3) is 7.05. The Balaban J connectivity index is 0.00000324. The first-order valence-electron chi connectivity index (χ1n) is 5.63. The lowest BCUT2D eigenvalue weighted by Gasteiger charge is -2.09. The maximum absolute atomic E-state index is 11.5. The summed E-state index contributed by atoms with van der Waals surface area (Å²) in [6.07, 6.45) is 0.607. The second kappa shape index (κ2) is 9.66. The summed E-state index contributed by atoms with van der Waals surface area (Å²) < 4.78 is 0. The first kappa shape index (κ1) is 17.8. The molecule has 5 N–H and O–H groups in total. The van der Waals surface area contributed by atoms with E-state index in [0.29, 0.717) is 25.1 Å². The minimum absolute atomic E-state index is 0. The number of primary amides is 1. The van der Waals surface area contributed by atoms with Crippen LogP contribution in [-0.2, 0) is 9.59 Å². The zero-order valence-electron chi connectivity index (χ0n) is 10.4. The lowest BCUT2D eigenvalue weighted by molar-refractivity contribution is -0.118. The van der Waals surface area contributed by atoms with E-state index in [1.807, 2.05) is 24.3 Å². The molecule has 0 saturated heterocycles. The normalized spacial score (nSPS) is 9.53. The van der Waals surface area contributed by atoms with Gasteiger partial charge < -0.3 is 16.8 Å². The highest BCUT2D eigenvalue weighted by Crippen LogP contribution is 2.27. The summed E-state index contributed by atoms with van der Waals surface area (Å²) in [5, 5.41) is 2.79. The smallest absolute Gasteiger partial charge is 0.225 e. The van der Waals surface area contributed by atoms with Crippen LogP contribution in [0.25, 0.3) is 0 Å². The van der Waals surface area contributed by atoms with Crippen molar-refractivity contribution in [3.8, 4) is 0 Å². The first-order chi connectivity index (χ1) is 8.63. The molecule has 1 rings (SSSR count).